The molecule has 0 aliphatic carbocycles. The number of unbranched alkanes of at least 4 members (excludes halogenated alkanes) is 6. The lowest BCUT2D eigenvalue weighted by Gasteiger charge is -2.22. The average Bonchev–Trinajstić information content (AvgIpc) is 3.45. The first kappa shape index (κ1) is 23.4. The summed E-state index contributed by atoms with van der Waals surface area (Å²) in [6.45, 7) is 2.94. The van der Waals surface area contributed by atoms with E-state index in [-0.39, 0.29) is 11.9 Å². The van der Waals surface area contributed by atoms with E-state index >= 15 is 0 Å². The Morgan fingerprint density at radius 3 is 2.64 bits per heavy atom. The second-order valence-corrected chi connectivity index (χ2v) is 8.98. The van der Waals surface area contributed by atoms with Gasteiger partial charge in [-0.05, 0) is 49.1 Å². The zero-order valence-corrected chi connectivity index (χ0v) is 19.3. The lowest BCUT2D eigenvalue weighted by Crippen LogP contribution is -2.30. The van der Waals surface area contributed by atoms with E-state index in [1.54, 1.807) is 18.2 Å². The molecular formula is C27H32F2N2O2. The number of halogens is 2. The molecule has 1 aliphatic rings. The van der Waals surface area contributed by atoms with Crippen molar-refractivity contribution in [1.82, 2.24) is 9.88 Å². The summed E-state index contributed by atoms with van der Waals surface area (Å²) in [4.78, 5) is 19.4. The first-order chi connectivity index (χ1) is 16.1. The van der Waals surface area contributed by atoms with Crippen LogP contribution in [0.1, 0.15) is 83.1 Å². The summed E-state index contributed by atoms with van der Waals surface area (Å²) in [7, 11) is 0. The Kier molecular flexibility index (Phi) is 7.73. The molecule has 1 amide bonds. The van der Waals surface area contributed by atoms with E-state index in [1.807, 2.05) is 4.90 Å². The molecule has 1 aliphatic heterocycles. The molecule has 4 rings (SSSR count). The Morgan fingerprint density at radius 1 is 1.06 bits per heavy atom. The van der Waals surface area contributed by atoms with E-state index in [9.17, 15) is 13.6 Å². The number of carbonyl (C=O) groups excluding carboxylic acids is 1. The standard InChI is InChI=1S/C27H32F2N2O2/c1-2-3-4-5-6-7-8-11-26(32)31-16-9-10-24(31)27-30-23-17-19(12-15-25(23)33-27)21-14-13-20(28)18-22(21)29/h12-15,17-18,24H,2-11,16H2,1H3/t24-/m0/s1. The first-order valence-electron chi connectivity index (χ1n) is 12.2. The van der Waals surface area contributed by atoms with Crippen molar-refractivity contribution in [2.24, 2.45) is 0 Å². The van der Waals surface area contributed by atoms with Crippen LogP contribution in [0.15, 0.2) is 40.8 Å². The minimum atomic E-state index is -0.615. The maximum absolute atomic E-state index is 14.2. The molecule has 2 heterocycles. The largest absolute Gasteiger partial charge is 0.438 e. The van der Waals surface area contributed by atoms with Crippen LogP contribution in [-0.4, -0.2) is 22.3 Å². The minimum Gasteiger partial charge on any atom is -0.438 e. The molecule has 1 saturated heterocycles. The van der Waals surface area contributed by atoms with Gasteiger partial charge in [0.05, 0.1) is 0 Å². The summed E-state index contributed by atoms with van der Waals surface area (Å²) in [6.07, 6.45) is 10.6. The van der Waals surface area contributed by atoms with Crippen LogP contribution in [-0.2, 0) is 4.79 Å². The van der Waals surface area contributed by atoms with Gasteiger partial charge in [-0.25, -0.2) is 13.8 Å². The highest BCUT2D eigenvalue weighted by molar-refractivity contribution is 5.81. The van der Waals surface area contributed by atoms with Crippen molar-refractivity contribution in [3.05, 3.63) is 53.9 Å². The van der Waals surface area contributed by atoms with Crippen LogP contribution in [0.4, 0.5) is 8.78 Å². The highest BCUT2D eigenvalue weighted by Gasteiger charge is 2.33. The van der Waals surface area contributed by atoms with Gasteiger partial charge in [-0.1, -0.05) is 51.5 Å². The second-order valence-electron chi connectivity index (χ2n) is 8.98. The zero-order chi connectivity index (χ0) is 23.2. The molecule has 176 valence electrons. The SMILES string of the molecule is CCCCCCCCCC(=O)N1CCC[C@H]1c1nc2cc(-c3ccc(F)cc3F)ccc2o1. The fraction of sp³-hybridized carbons (Fsp3) is 0.481. The molecule has 0 radical (unpaired) electrons. The van der Waals surface area contributed by atoms with Crippen LogP contribution >= 0.6 is 0 Å². The van der Waals surface area contributed by atoms with Crippen LogP contribution in [0.2, 0.25) is 0 Å². The number of likely N-dealkylation sites (tertiary alicyclic amines) is 1. The molecule has 3 aromatic rings. The van der Waals surface area contributed by atoms with E-state index in [0.29, 0.717) is 34.5 Å². The molecular weight excluding hydrogens is 422 g/mol. The van der Waals surface area contributed by atoms with Gasteiger partial charge in [-0.2, -0.15) is 0 Å². The lowest BCUT2D eigenvalue weighted by molar-refractivity contribution is -0.132. The van der Waals surface area contributed by atoms with Gasteiger partial charge in [-0.15, -0.1) is 0 Å². The van der Waals surface area contributed by atoms with Gasteiger partial charge in [0, 0.05) is 24.6 Å². The van der Waals surface area contributed by atoms with Crippen molar-refractivity contribution < 1.29 is 18.0 Å². The van der Waals surface area contributed by atoms with Crippen LogP contribution in [0.25, 0.3) is 22.2 Å². The third kappa shape index (κ3) is 5.60. The summed E-state index contributed by atoms with van der Waals surface area (Å²) in [5, 5.41) is 0. The monoisotopic (exact) mass is 454 g/mol. The highest BCUT2D eigenvalue weighted by atomic mass is 19.1. The predicted molar refractivity (Wildman–Crippen MR) is 126 cm³/mol. The molecule has 1 fully saturated rings. The molecule has 6 heteroatoms. The van der Waals surface area contributed by atoms with Crippen molar-refractivity contribution in [2.45, 2.75) is 77.2 Å². The number of nitrogens with zero attached hydrogens (tertiary/aromatic N) is 2. The number of hydrogen-bond acceptors (Lipinski definition) is 3. The van der Waals surface area contributed by atoms with Gasteiger partial charge in [0.1, 0.15) is 23.2 Å². The van der Waals surface area contributed by atoms with Crippen molar-refractivity contribution in [3.63, 3.8) is 0 Å². The van der Waals surface area contributed by atoms with Crippen LogP contribution in [0.3, 0.4) is 0 Å². The third-order valence-corrected chi connectivity index (χ3v) is 6.50. The summed E-state index contributed by atoms with van der Waals surface area (Å²) in [5.41, 5.74) is 2.13. The number of aromatic nitrogens is 1. The molecule has 33 heavy (non-hydrogen) atoms. The van der Waals surface area contributed by atoms with E-state index in [2.05, 4.69) is 11.9 Å². The lowest BCUT2D eigenvalue weighted by atomic mass is 10.0. The molecule has 0 spiro atoms. The Balaban J connectivity index is 1.41. The van der Waals surface area contributed by atoms with Crippen molar-refractivity contribution >= 4 is 17.0 Å². The van der Waals surface area contributed by atoms with Crippen molar-refractivity contribution in [3.8, 4) is 11.1 Å². The molecule has 4 nitrogen and oxygen atoms in total. The molecule has 1 atom stereocenters. The molecule has 1 aromatic heterocycles. The third-order valence-electron chi connectivity index (χ3n) is 6.50. The maximum Gasteiger partial charge on any atom is 0.223 e. The molecule has 0 saturated carbocycles. The van der Waals surface area contributed by atoms with E-state index < -0.39 is 11.6 Å². The summed E-state index contributed by atoms with van der Waals surface area (Å²) in [5.74, 6) is -0.519. The number of rotatable bonds is 10. The van der Waals surface area contributed by atoms with Crippen molar-refractivity contribution in [1.29, 1.82) is 0 Å². The second kappa shape index (κ2) is 10.9. The fourth-order valence-electron chi connectivity index (χ4n) is 4.68. The quantitative estimate of drug-likeness (QED) is 0.297. The van der Waals surface area contributed by atoms with Crippen molar-refractivity contribution in [2.75, 3.05) is 6.54 Å². The van der Waals surface area contributed by atoms with Gasteiger partial charge in [-0.3, -0.25) is 4.79 Å². The van der Waals surface area contributed by atoms with Gasteiger partial charge in [0.2, 0.25) is 11.8 Å². The van der Waals surface area contributed by atoms with Gasteiger partial charge < -0.3 is 9.32 Å². The average molecular weight is 455 g/mol. The Bertz CT molecular complexity index is 1090. The number of carbonyl (C=O) groups is 1. The number of benzene rings is 2. The van der Waals surface area contributed by atoms with E-state index in [0.717, 1.165) is 38.3 Å². The number of fused-ring (bicyclic) bond motifs is 1. The number of oxazole rings is 1. The van der Waals surface area contributed by atoms with Crippen LogP contribution < -0.4 is 0 Å². The highest BCUT2D eigenvalue weighted by Crippen LogP contribution is 2.35. The molecule has 0 unspecified atom stereocenters. The predicted octanol–water partition coefficient (Wildman–Crippen LogP) is 7.58. The normalized spacial score (nSPS) is 16.1. The summed E-state index contributed by atoms with van der Waals surface area (Å²) < 4.78 is 33.5. The van der Waals surface area contributed by atoms with Gasteiger partial charge in [0.15, 0.2) is 5.58 Å². The maximum atomic E-state index is 14.2. The van der Waals surface area contributed by atoms with Gasteiger partial charge in [0.25, 0.3) is 0 Å². The minimum absolute atomic E-state index is 0.152. The van der Waals surface area contributed by atoms with Crippen LogP contribution in [0, 0.1) is 11.6 Å². The fourth-order valence-corrected chi connectivity index (χ4v) is 4.68. The van der Waals surface area contributed by atoms with E-state index in [4.69, 9.17) is 4.42 Å². The Hall–Kier alpha value is -2.76. The zero-order valence-electron chi connectivity index (χ0n) is 19.3. The summed E-state index contributed by atoms with van der Waals surface area (Å²) >= 11 is 0. The number of amides is 1. The van der Waals surface area contributed by atoms with E-state index in [1.165, 1.54) is 44.2 Å². The molecule has 0 N–H and O–H groups in total. The first-order valence-corrected chi connectivity index (χ1v) is 12.2. The van der Waals surface area contributed by atoms with Gasteiger partial charge >= 0.3 is 0 Å². The topological polar surface area (TPSA) is 46.3 Å². The Morgan fingerprint density at radius 2 is 1.85 bits per heavy atom. The summed E-state index contributed by atoms with van der Waals surface area (Å²) in [6, 6.07) is 8.63. The Labute approximate surface area is 194 Å². The molecule has 2 aromatic carbocycles. The molecule has 0 bridgehead atoms. The number of hydrogen-bond donors (Lipinski definition) is 0. The van der Waals surface area contributed by atoms with Crippen LogP contribution in [0.5, 0.6) is 0 Å². The smallest absolute Gasteiger partial charge is 0.223 e.